The second-order valence-electron chi connectivity index (χ2n) is 6.16. The molecule has 0 spiro atoms. The minimum absolute atomic E-state index is 0.0185. The van der Waals surface area contributed by atoms with Crippen LogP contribution in [0, 0.1) is 16.7 Å². The average molecular weight is 268 g/mol. The zero-order valence-corrected chi connectivity index (χ0v) is 14.3. The van der Waals surface area contributed by atoms with E-state index in [1.807, 2.05) is 13.8 Å². The first-order valence-electron chi connectivity index (χ1n) is 7.71. The van der Waals surface area contributed by atoms with Crippen LogP contribution in [-0.2, 0) is 0 Å². The molecule has 0 bridgehead atoms. The van der Waals surface area contributed by atoms with E-state index in [1.165, 1.54) is 31.8 Å². The largest absolute Gasteiger partial charge is 0.509 e. The average Bonchev–Trinajstić information content (AvgIpc) is 2.67. The summed E-state index contributed by atoms with van der Waals surface area (Å²) in [4.78, 5) is 0. The van der Waals surface area contributed by atoms with Crippen LogP contribution < -0.4 is 0 Å². The Hall–Kier alpha value is -0.720. The quantitative estimate of drug-likeness (QED) is 0.456. The highest BCUT2D eigenvalue weighted by Gasteiger charge is 2.47. The Balaban J connectivity index is 0. The number of allylic oxidation sites excluding steroid dienone is 1. The zero-order chi connectivity index (χ0) is 15.7. The third-order valence-electron chi connectivity index (χ3n) is 4.98. The number of rotatable bonds is 3. The lowest BCUT2D eigenvalue weighted by molar-refractivity contribution is 0.0613. The topological polar surface area (TPSA) is 20.2 Å². The molecule has 0 radical (unpaired) electrons. The van der Waals surface area contributed by atoms with Gasteiger partial charge in [-0.1, -0.05) is 74.5 Å². The summed E-state index contributed by atoms with van der Waals surface area (Å²) in [5.41, 5.74) is 1.17. The van der Waals surface area contributed by atoms with Crippen molar-refractivity contribution in [2.24, 2.45) is 16.7 Å². The Kier molecular flexibility index (Phi) is 10.0. The molecule has 1 nitrogen and oxygen atoms in total. The van der Waals surface area contributed by atoms with E-state index in [2.05, 4.69) is 47.8 Å². The first-order valence-corrected chi connectivity index (χ1v) is 7.71. The molecule has 0 aliphatic heterocycles. The molecule has 2 atom stereocenters. The maximum Gasteiger partial charge on any atom is 0.107 e. The van der Waals surface area contributed by atoms with Crippen molar-refractivity contribution in [3.8, 4) is 0 Å². The van der Waals surface area contributed by atoms with Gasteiger partial charge >= 0.3 is 0 Å². The summed E-state index contributed by atoms with van der Waals surface area (Å²) in [7, 11) is 0. The van der Waals surface area contributed by atoms with E-state index < -0.39 is 0 Å². The standard InChI is InChI=1S/C12H24.C4H6O.C2H6/c1-6-10(2)12(5)9-7-8-11(12,3)4;1-3-4(2)5;1-2/h10H,6-9H2,1-5H3;3,5H,1-2H2;1-2H3. The maximum atomic E-state index is 8.05. The summed E-state index contributed by atoms with van der Waals surface area (Å²) >= 11 is 0. The van der Waals surface area contributed by atoms with Crippen LogP contribution in [0.4, 0.5) is 0 Å². The maximum absolute atomic E-state index is 8.05. The molecule has 0 aromatic carbocycles. The smallest absolute Gasteiger partial charge is 0.107 e. The van der Waals surface area contributed by atoms with Crippen LogP contribution in [0.3, 0.4) is 0 Å². The van der Waals surface area contributed by atoms with Crippen LogP contribution >= 0.6 is 0 Å². The molecule has 1 fully saturated rings. The van der Waals surface area contributed by atoms with Gasteiger partial charge in [0.25, 0.3) is 0 Å². The Labute approximate surface area is 121 Å². The summed E-state index contributed by atoms with van der Waals surface area (Å²) < 4.78 is 0. The van der Waals surface area contributed by atoms with E-state index in [9.17, 15) is 0 Å². The van der Waals surface area contributed by atoms with Crippen LogP contribution in [0.25, 0.3) is 0 Å². The van der Waals surface area contributed by atoms with E-state index in [0.717, 1.165) is 5.92 Å². The highest BCUT2D eigenvalue weighted by molar-refractivity contribution is 4.98. The molecule has 0 aromatic rings. The lowest BCUT2D eigenvalue weighted by Gasteiger charge is -2.43. The first-order chi connectivity index (χ1) is 8.71. The molecule has 0 aromatic heterocycles. The molecule has 0 amide bonds. The van der Waals surface area contributed by atoms with Crippen LogP contribution in [0.5, 0.6) is 0 Å². The normalized spacial score (nSPS) is 25.2. The molecule has 1 N–H and O–H groups in total. The summed E-state index contributed by atoms with van der Waals surface area (Å²) in [6, 6.07) is 0. The Morgan fingerprint density at radius 3 is 1.89 bits per heavy atom. The summed E-state index contributed by atoms with van der Waals surface area (Å²) in [6.45, 7) is 22.5. The van der Waals surface area contributed by atoms with Crippen molar-refractivity contribution in [3.05, 3.63) is 25.0 Å². The van der Waals surface area contributed by atoms with Gasteiger partial charge in [0, 0.05) is 0 Å². The van der Waals surface area contributed by atoms with Gasteiger partial charge < -0.3 is 5.11 Å². The van der Waals surface area contributed by atoms with Gasteiger partial charge in [0.1, 0.15) is 5.76 Å². The van der Waals surface area contributed by atoms with Gasteiger partial charge in [-0.05, 0) is 35.7 Å². The second-order valence-corrected chi connectivity index (χ2v) is 6.16. The minimum Gasteiger partial charge on any atom is -0.509 e. The Bertz CT molecular complexity index is 265. The van der Waals surface area contributed by atoms with Gasteiger partial charge in [-0.25, -0.2) is 0 Å². The van der Waals surface area contributed by atoms with E-state index in [0.29, 0.717) is 10.8 Å². The van der Waals surface area contributed by atoms with Gasteiger partial charge in [0.15, 0.2) is 0 Å². The predicted octanol–water partition coefficient (Wildman–Crippen LogP) is 6.52. The fraction of sp³-hybridized carbons (Fsp3) is 0.778. The highest BCUT2D eigenvalue weighted by Crippen LogP contribution is 2.57. The molecule has 19 heavy (non-hydrogen) atoms. The molecule has 2 unspecified atom stereocenters. The van der Waals surface area contributed by atoms with Crippen LogP contribution in [0.1, 0.15) is 74.1 Å². The van der Waals surface area contributed by atoms with Gasteiger partial charge in [-0.3, -0.25) is 0 Å². The monoisotopic (exact) mass is 268 g/mol. The molecule has 1 heteroatoms. The number of aliphatic hydroxyl groups excluding tert-OH is 1. The Morgan fingerprint density at radius 1 is 1.26 bits per heavy atom. The van der Waals surface area contributed by atoms with E-state index in [-0.39, 0.29) is 5.76 Å². The molecule has 1 aliphatic rings. The molecule has 1 rings (SSSR count). The first kappa shape index (κ1) is 20.6. The van der Waals surface area contributed by atoms with Crippen molar-refractivity contribution >= 4 is 0 Å². The van der Waals surface area contributed by atoms with Gasteiger partial charge in [0.2, 0.25) is 0 Å². The van der Waals surface area contributed by atoms with Gasteiger partial charge in [0.05, 0.1) is 0 Å². The highest BCUT2D eigenvalue weighted by atomic mass is 16.3. The van der Waals surface area contributed by atoms with E-state index in [1.54, 1.807) is 0 Å². The van der Waals surface area contributed by atoms with Crippen molar-refractivity contribution in [2.75, 3.05) is 0 Å². The van der Waals surface area contributed by atoms with Gasteiger partial charge in [-0.2, -0.15) is 0 Å². The Morgan fingerprint density at radius 2 is 1.68 bits per heavy atom. The molecule has 0 heterocycles. The summed E-state index contributed by atoms with van der Waals surface area (Å²) in [6.07, 6.45) is 6.91. The molecular formula is C18H36O. The number of aliphatic hydroxyl groups is 1. The lowest BCUT2D eigenvalue weighted by atomic mass is 9.62. The lowest BCUT2D eigenvalue weighted by Crippen LogP contribution is -2.35. The molecule has 1 aliphatic carbocycles. The molecule has 0 saturated heterocycles. The third-order valence-corrected chi connectivity index (χ3v) is 4.98. The second kappa shape index (κ2) is 9.23. The van der Waals surface area contributed by atoms with E-state index >= 15 is 0 Å². The van der Waals surface area contributed by atoms with Crippen molar-refractivity contribution < 1.29 is 5.11 Å². The van der Waals surface area contributed by atoms with Crippen molar-refractivity contribution in [1.29, 1.82) is 0 Å². The van der Waals surface area contributed by atoms with Crippen molar-refractivity contribution in [1.82, 2.24) is 0 Å². The van der Waals surface area contributed by atoms with Crippen LogP contribution in [0.2, 0.25) is 0 Å². The fourth-order valence-corrected chi connectivity index (χ4v) is 2.89. The van der Waals surface area contributed by atoms with Crippen molar-refractivity contribution in [2.45, 2.75) is 74.1 Å². The van der Waals surface area contributed by atoms with Crippen LogP contribution in [0.15, 0.2) is 25.0 Å². The fourth-order valence-electron chi connectivity index (χ4n) is 2.89. The molecular weight excluding hydrogens is 232 g/mol. The zero-order valence-electron chi connectivity index (χ0n) is 14.3. The minimum atomic E-state index is 0.0185. The predicted molar refractivity (Wildman–Crippen MR) is 88.5 cm³/mol. The summed E-state index contributed by atoms with van der Waals surface area (Å²) in [5.74, 6) is 0.903. The van der Waals surface area contributed by atoms with Crippen LogP contribution in [-0.4, -0.2) is 5.11 Å². The van der Waals surface area contributed by atoms with Crippen molar-refractivity contribution in [3.63, 3.8) is 0 Å². The SMILES string of the molecule is C=CC(=C)O.CC.CCC(C)C1(C)CCCC1(C)C. The van der Waals surface area contributed by atoms with Gasteiger partial charge in [-0.15, -0.1) is 0 Å². The summed E-state index contributed by atoms with van der Waals surface area (Å²) in [5, 5.41) is 8.05. The molecule has 114 valence electrons. The third kappa shape index (κ3) is 5.84. The number of hydrogen-bond acceptors (Lipinski definition) is 1. The molecule has 1 saturated carbocycles. The van der Waals surface area contributed by atoms with E-state index in [4.69, 9.17) is 5.11 Å². The number of hydrogen-bond donors (Lipinski definition) is 1.